The molecule has 0 radical (unpaired) electrons. The summed E-state index contributed by atoms with van der Waals surface area (Å²) >= 11 is 0. The lowest BCUT2D eigenvalue weighted by molar-refractivity contribution is -0.385. The van der Waals surface area contributed by atoms with Crippen LogP contribution in [-0.2, 0) is 25.5 Å². The van der Waals surface area contributed by atoms with Gasteiger partial charge in [0.2, 0.25) is 0 Å². The Bertz CT molecular complexity index is 824. The maximum Gasteiger partial charge on any atom is 0.510 e. The van der Waals surface area contributed by atoms with Crippen LogP contribution in [0.2, 0.25) is 0 Å². The Balaban J connectivity index is 1.84. The van der Waals surface area contributed by atoms with Gasteiger partial charge in [-0.15, -0.1) is 0 Å². The molecule has 1 aromatic heterocycles. The van der Waals surface area contributed by atoms with E-state index >= 15 is 0 Å². The van der Waals surface area contributed by atoms with E-state index in [1.165, 1.54) is 0 Å². The van der Waals surface area contributed by atoms with Gasteiger partial charge in [0, 0.05) is 6.07 Å². The molecule has 0 spiro atoms. The van der Waals surface area contributed by atoms with E-state index in [1.807, 2.05) is 12.1 Å². The van der Waals surface area contributed by atoms with Crippen LogP contribution in [0, 0.1) is 10.1 Å². The lowest BCUT2D eigenvalue weighted by Crippen LogP contribution is -2.34. The Kier molecular flexibility index (Phi) is 3.65. The van der Waals surface area contributed by atoms with Gasteiger partial charge in [0.15, 0.2) is 5.03 Å². The summed E-state index contributed by atoms with van der Waals surface area (Å²) in [6.45, 7) is 0.254. The maximum absolute atomic E-state index is 12.1. The van der Waals surface area contributed by atoms with E-state index in [-0.39, 0.29) is 12.3 Å². The molecular weight excluding hydrogens is 311 g/mol. The van der Waals surface area contributed by atoms with Gasteiger partial charge < -0.3 is 4.65 Å². The molecule has 0 amide bonds. The Morgan fingerprint density at radius 1 is 1.27 bits per heavy atom. The van der Waals surface area contributed by atoms with Gasteiger partial charge in [-0.05, 0) is 17.1 Å². The zero-order chi connectivity index (χ0) is 15.7. The SMILES string of the molecule is O=[N+]([O-])c1ccc(S(=O)(=O)OB2OCc3ccccc32)nc1. The summed E-state index contributed by atoms with van der Waals surface area (Å²) in [5.74, 6) is 0. The monoisotopic (exact) mass is 320 g/mol. The minimum atomic E-state index is -4.19. The minimum Gasteiger partial charge on any atom is -0.402 e. The third-order valence-electron chi connectivity index (χ3n) is 3.10. The number of nitro groups is 1. The molecule has 112 valence electrons. The van der Waals surface area contributed by atoms with Gasteiger partial charge in [0.25, 0.3) is 5.69 Å². The fourth-order valence-corrected chi connectivity index (χ4v) is 2.93. The zero-order valence-corrected chi connectivity index (χ0v) is 11.9. The van der Waals surface area contributed by atoms with Gasteiger partial charge in [-0.3, -0.25) is 14.2 Å². The predicted octanol–water partition coefficient (Wildman–Crippen LogP) is 0.621. The standard InChI is InChI=1S/C12H9BN2O6S/c16-15(17)10-5-6-12(14-7-10)22(18,19)21-13-11-4-2-1-3-9(11)8-20-13/h1-7H,8H2. The molecule has 3 rings (SSSR count). The average Bonchev–Trinajstić information content (AvgIpc) is 2.90. The minimum absolute atomic E-state index is 0.254. The Morgan fingerprint density at radius 3 is 2.73 bits per heavy atom. The van der Waals surface area contributed by atoms with Crippen LogP contribution in [0.4, 0.5) is 5.69 Å². The van der Waals surface area contributed by atoms with Gasteiger partial charge in [-0.1, -0.05) is 24.3 Å². The van der Waals surface area contributed by atoms with Crippen LogP contribution in [-0.4, -0.2) is 25.4 Å². The number of rotatable bonds is 4. The fourth-order valence-electron chi connectivity index (χ4n) is 2.02. The largest absolute Gasteiger partial charge is 0.510 e. The van der Waals surface area contributed by atoms with Crippen LogP contribution in [0.1, 0.15) is 5.56 Å². The maximum atomic E-state index is 12.1. The van der Waals surface area contributed by atoms with Crippen LogP contribution in [0.3, 0.4) is 0 Å². The van der Waals surface area contributed by atoms with Crippen molar-refractivity contribution in [3.63, 3.8) is 0 Å². The molecule has 22 heavy (non-hydrogen) atoms. The summed E-state index contributed by atoms with van der Waals surface area (Å²) in [7, 11) is -5.23. The zero-order valence-electron chi connectivity index (χ0n) is 11.1. The number of aromatic nitrogens is 1. The number of benzene rings is 1. The predicted molar refractivity (Wildman–Crippen MR) is 75.8 cm³/mol. The number of hydrogen-bond donors (Lipinski definition) is 0. The molecule has 0 fully saturated rings. The topological polar surface area (TPSA) is 109 Å². The van der Waals surface area contributed by atoms with Crippen LogP contribution in [0.5, 0.6) is 0 Å². The van der Waals surface area contributed by atoms with Crippen molar-refractivity contribution in [3.05, 3.63) is 58.3 Å². The van der Waals surface area contributed by atoms with Crippen LogP contribution in [0.25, 0.3) is 0 Å². The number of fused-ring (bicyclic) bond motifs is 1. The number of pyridine rings is 1. The summed E-state index contributed by atoms with van der Waals surface area (Å²) in [6.07, 6.45) is 0.861. The molecule has 2 aromatic rings. The summed E-state index contributed by atoms with van der Waals surface area (Å²) in [5, 5.41) is 10.1. The molecule has 1 aliphatic rings. The fraction of sp³-hybridized carbons (Fsp3) is 0.0833. The van der Waals surface area contributed by atoms with Crippen molar-refractivity contribution in [1.82, 2.24) is 4.98 Å². The van der Waals surface area contributed by atoms with E-state index in [2.05, 4.69) is 4.98 Å². The van der Waals surface area contributed by atoms with E-state index in [9.17, 15) is 18.5 Å². The third kappa shape index (κ3) is 2.71. The second-order valence-corrected chi connectivity index (χ2v) is 6.02. The van der Waals surface area contributed by atoms with Crippen molar-refractivity contribution in [2.24, 2.45) is 0 Å². The van der Waals surface area contributed by atoms with Crippen molar-refractivity contribution in [1.29, 1.82) is 0 Å². The summed E-state index contributed by atoms with van der Waals surface area (Å²) < 4.78 is 34.6. The molecule has 0 unspecified atom stereocenters. The average molecular weight is 320 g/mol. The highest BCUT2D eigenvalue weighted by Crippen LogP contribution is 2.18. The van der Waals surface area contributed by atoms with Crippen molar-refractivity contribution < 1.29 is 22.1 Å². The highest BCUT2D eigenvalue weighted by molar-refractivity contribution is 7.87. The molecule has 1 aliphatic heterocycles. The molecule has 10 heteroatoms. The second kappa shape index (κ2) is 5.48. The van der Waals surface area contributed by atoms with Crippen molar-refractivity contribution in [2.45, 2.75) is 11.6 Å². The highest BCUT2D eigenvalue weighted by Gasteiger charge is 2.36. The van der Waals surface area contributed by atoms with Gasteiger partial charge in [-0.25, -0.2) is 4.98 Å². The first-order valence-corrected chi connectivity index (χ1v) is 7.61. The molecule has 2 heterocycles. The molecular formula is C12H9BN2O6S. The summed E-state index contributed by atoms with van der Waals surface area (Å²) in [5.41, 5.74) is 1.17. The van der Waals surface area contributed by atoms with Gasteiger partial charge in [-0.2, -0.15) is 8.42 Å². The molecule has 1 aromatic carbocycles. The first-order valence-electron chi connectivity index (χ1n) is 6.20. The Labute approximate surface area is 126 Å². The van der Waals surface area contributed by atoms with Crippen LogP contribution in [0.15, 0.2) is 47.6 Å². The van der Waals surface area contributed by atoms with Crippen LogP contribution < -0.4 is 5.46 Å². The first kappa shape index (κ1) is 14.6. The molecule has 0 saturated heterocycles. The van der Waals surface area contributed by atoms with Crippen LogP contribution >= 0.6 is 0 Å². The van der Waals surface area contributed by atoms with Gasteiger partial charge in [0.1, 0.15) is 6.20 Å². The molecule has 0 saturated carbocycles. The molecule has 0 atom stereocenters. The van der Waals surface area contributed by atoms with E-state index < -0.39 is 27.2 Å². The van der Waals surface area contributed by atoms with Gasteiger partial charge in [0.05, 0.1) is 11.5 Å². The lowest BCUT2D eigenvalue weighted by atomic mass is 9.80. The van der Waals surface area contributed by atoms with Crippen molar-refractivity contribution in [3.8, 4) is 0 Å². The van der Waals surface area contributed by atoms with E-state index in [1.54, 1.807) is 12.1 Å². The van der Waals surface area contributed by atoms with E-state index in [0.717, 1.165) is 23.9 Å². The normalized spacial score (nSPS) is 13.9. The Hall–Kier alpha value is -2.30. The molecule has 0 bridgehead atoms. The number of nitrogens with zero attached hydrogens (tertiary/aromatic N) is 2. The third-order valence-corrected chi connectivity index (χ3v) is 4.28. The quantitative estimate of drug-likeness (QED) is 0.461. The summed E-state index contributed by atoms with van der Waals surface area (Å²) in [4.78, 5) is 13.4. The van der Waals surface area contributed by atoms with Gasteiger partial charge >= 0.3 is 17.2 Å². The van der Waals surface area contributed by atoms with E-state index in [4.69, 9.17) is 8.75 Å². The van der Waals surface area contributed by atoms with Crippen molar-refractivity contribution >= 4 is 28.4 Å². The molecule has 0 aliphatic carbocycles. The summed E-state index contributed by atoms with van der Waals surface area (Å²) in [6, 6.07) is 9.17. The number of hydrogen-bond acceptors (Lipinski definition) is 7. The second-order valence-electron chi connectivity index (χ2n) is 4.50. The van der Waals surface area contributed by atoms with E-state index in [0.29, 0.717) is 5.46 Å². The lowest BCUT2D eigenvalue weighted by Gasteiger charge is -2.08. The smallest absolute Gasteiger partial charge is 0.402 e. The Morgan fingerprint density at radius 2 is 2.05 bits per heavy atom. The molecule has 0 N–H and O–H groups in total. The first-order chi connectivity index (χ1) is 10.5. The molecule has 8 nitrogen and oxygen atoms in total. The highest BCUT2D eigenvalue weighted by atomic mass is 32.2. The van der Waals surface area contributed by atoms with Crippen molar-refractivity contribution in [2.75, 3.05) is 0 Å².